The minimum absolute atomic E-state index is 0. The van der Waals surface area contributed by atoms with E-state index < -0.39 is 12.2 Å². The quantitative estimate of drug-likeness (QED) is 0.150. The number of benzene rings is 2. The number of hydrogen-bond acceptors (Lipinski definition) is 8. The predicted molar refractivity (Wildman–Crippen MR) is 145 cm³/mol. The van der Waals surface area contributed by atoms with Gasteiger partial charge in [0, 0.05) is 6.07 Å². The average molecular weight is 544 g/mol. The molecule has 0 heterocycles. The van der Waals surface area contributed by atoms with Crippen LogP contribution in [0.1, 0.15) is 30.4 Å². The van der Waals surface area contributed by atoms with E-state index in [9.17, 15) is 9.59 Å². The largest absolute Gasteiger partial charge is 0.513 e. The lowest BCUT2D eigenvalue weighted by molar-refractivity contribution is -0.122. The molecular weight excluding hydrogens is 509 g/mol. The summed E-state index contributed by atoms with van der Waals surface area (Å²) < 4.78 is 20.7. The Hall–Kier alpha value is -2.98. The second-order valence-corrected chi connectivity index (χ2v) is 7.43. The number of carbonyl (C=O) groups is 2. The minimum atomic E-state index is -0.853. The zero-order chi connectivity index (χ0) is 24.8. The topological polar surface area (TPSA) is 135 Å². The van der Waals surface area contributed by atoms with Crippen molar-refractivity contribution in [2.45, 2.75) is 25.3 Å². The fourth-order valence-corrected chi connectivity index (χ4v) is 2.97. The summed E-state index contributed by atoms with van der Waals surface area (Å²) in [6, 6.07) is 11.9. The third-order valence-electron chi connectivity index (χ3n) is 4.85. The molecule has 0 saturated heterocycles. The molecule has 0 aromatic heterocycles. The molecular formula is C25H35Cl2N3O6. The lowest BCUT2D eigenvalue weighted by atomic mass is 10.1. The van der Waals surface area contributed by atoms with Gasteiger partial charge in [-0.1, -0.05) is 30.7 Å². The third-order valence-corrected chi connectivity index (χ3v) is 4.85. The van der Waals surface area contributed by atoms with Gasteiger partial charge in [0.25, 0.3) is 0 Å². The third kappa shape index (κ3) is 12.1. The van der Waals surface area contributed by atoms with E-state index in [0.29, 0.717) is 30.2 Å². The lowest BCUT2D eigenvalue weighted by Gasteiger charge is -2.12. The van der Waals surface area contributed by atoms with E-state index in [4.69, 9.17) is 30.4 Å². The van der Waals surface area contributed by atoms with Gasteiger partial charge in [0.05, 0.1) is 26.8 Å². The van der Waals surface area contributed by atoms with Gasteiger partial charge in [-0.2, -0.15) is 0 Å². The molecule has 2 aromatic rings. The molecule has 11 heteroatoms. The van der Waals surface area contributed by atoms with Gasteiger partial charge in [-0.15, -0.1) is 24.8 Å². The Morgan fingerprint density at radius 2 is 1.53 bits per heavy atom. The summed E-state index contributed by atoms with van der Waals surface area (Å²) >= 11 is 0. The van der Waals surface area contributed by atoms with Crippen LogP contribution in [0.5, 0.6) is 17.2 Å². The highest BCUT2D eigenvalue weighted by atomic mass is 35.5. The maximum Gasteiger partial charge on any atom is 0.513 e. The van der Waals surface area contributed by atoms with Gasteiger partial charge in [0.2, 0.25) is 5.91 Å². The Morgan fingerprint density at radius 1 is 0.917 bits per heavy atom. The number of unbranched alkanes of at least 4 members (excludes halogenated alkanes) is 1. The van der Waals surface area contributed by atoms with Crippen LogP contribution in [-0.2, 0) is 9.53 Å². The number of carbonyl (C=O) groups excluding carboxylic acids is 2. The Kier molecular flexibility index (Phi) is 16.8. The van der Waals surface area contributed by atoms with Crippen LogP contribution >= 0.6 is 24.8 Å². The first-order chi connectivity index (χ1) is 16.4. The number of nitrogens with two attached hydrogens (primary N) is 2. The van der Waals surface area contributed by atoms with Crippen LogP contribution in [-0.4, -0.2) is 52.0 Å². The fraction of sp³-hybridized carbons (Fsp3) is 0.360. The molecule has 0 spiro atoms. The molecule has 0 radical (unpaired) electrons. The number of rotatable bonds is 13. The summed E-state index contributed by atoms with van der Waals surface area (Å²) in [5.74, 6) is 1.46. The molecule has 9 nitrogen and oxygen atoms in total. The van der Waals surface area contributed by atoms with Crippen LogP contribution in [0, 0.1) is 0 Å². The molecule has 1 atom stereocenters. The van der Waals surface area contributed by atoms with E-state index in [-0.39, 0.29) is 43.9 Å². The van der Waals surface area contributed by atoms with Gasteiger partial charge in [0.15, 0.2) is 0 Å². The van der Waals surface area contributed by atoms with Crippen molar-refractivity contribution in [3.63, 3.8) is 0 Å². The first-order valence-corrected chi connectivity index (χ1v) is 11.0. The number of methoxy groups -OCH3 is 2. The fourth-order valence-electron chi connectivity index (χ4n) is 2.97. The number of halogens is 2. The van der Waals surface area contributed by atoms with Gasteiger partial charge >= 0.3 is 6.16 Å². The van der Waals surface area contributed by atoms with Crippen molar-refractivity contribution in [3.05, 3.63) is 53.6 Å². The van der Waals surface area contributed by atoms with E-state index in [1.54, 1.807) is 32.4 Å². The molecule has 2 rings (SSSR count). The molecule has 200 valence electrons. The Morgan fingerprint density at radius 3 is 2.11 bits per heavy atom. The first-order valence-electron chi connectivity index (χ1n) is 11.0. The lowest BCUT2D eigenvalue weighted by Crippen LogP contribution is -2.42. The van der Waals surface area contributed by atoms with Gasteiger partial charge < -0.3 is 35.7 Å². The Labute approximate surface area is 224 Å². The molecule has 0 bridgehead atoms. The van der Waals surface area contributed by atoms with Crippen LogP contribution < -0.4 is 31.0 Å². The van der Waals surface area contributed by atoms with E-state index in [1.165, 1.54) is 0 Å². The highest BCUT2D eigenvalue weighted by Gasteiger charge is 2.13. The summed E-state index contributed by atoms with van der Waals surface area (Å²) in [5, 5.41) is 2.63. The molecule has 0 saturated carbocycles. The molecule has 36 heavy (non-hydrogen) atoms. The van der Waals surface area contributed by atoms with Gasteiger partial charge in [-0.25, -0.2) is 4.79 Å². The molecule has 1 unspecified atom stereocenters. The maximum atomic E-state index is 11.9. The van der Waals surface area contributed by atoms with Crippen LogP contribution in [0.4, 0.5) is 4.79 Å². The van der Waals surface area contributed by atoms with Crippen LogP contribution in [0.25, 0.3) is 12.2 Å². The van der Waals surface area contributed by atoms with E-state index in [1.807, 2.05) is 36.4 Å². The van der Waals surface area contributed by atoms with Crippen molar-refractivity contribution in [1.82, 2.24) is 5.32 Å². The van der Waals surface area contributed by atoms with Crippen molar-refractivity contribution in [3.8, 4) is 17.2 Å². The predicted octanol–water partition coefficient (Wildman–Crippen LogP) is 3.81. The highest BCUT2D eigenvalue weighted by Crippen LogP contribution is 2.24. The average Bonchev–Trinajstić information content (AvgIpc) is 2.85. The summed E-state index contributed by atoms with van der Waals surface area (Å²) in [4.78, 5) is 23.7. The zero-order valence-corrected chi connectivity index (χ0v) is 22.1. The van der Waals surface area contributed by atoms with Gasteiger partial charge in [0.1, 0.15) is 23.9 Å². The number of amides is 1. The van der Waals surface area contributed by atoms with Crippen molar-refractivity contribution < 1.29 is 28.5 Å². The Balaban J connectivity index is 0.00000612. The maximum absolute atomic E-state index is 11.9. The molecule has 1 amide bonds. The number of ether oxygens (including phenoxy) is 4. The molecule has 0 aliphatic rings. The van der Waals surface area contributed by atoms with E-state index >= 15 is 0 Å². The second-order valence-electron chi connectivity index (χ2n) is 7.43. The smallest absolute Gasteiger partial charge is 0.497 e. The number of hydrogen-bond donors (Lipinski definition) is 3. The minimum Gasteiger partial charge on any atom is -0.497 e. The van der Waals surface area contributed by atoms with Gasteiger partial charge in [-0.05, 0) is 54.8 Å². The summed E-state index contributed by atoms with van der Waals surface area (Å²) in [5.41, 5.74) is 13.0. The summed E-state index contributed by atoms with van der Waals surface area (Å²) in [6.45, 7) is 0.699. The van der Waals surface area contributed by atoms with Crippen molar-refractivity contribution in [1.29, 1.82) is 0 Å². The van der Waals surface area contributed by atoms with Crippen molar-refractivity contribution in [2.75, 3.05) is 33.9 Å². The van der Waals surface area contributed by atoms with Crippen LogP contribution in [0.15, 0.2) is 42.5 Å². The van der Waals surface area contributed by atoms with Crippen molar-refractivity contribution in [2.24, 2.45) is 11.5 Å². The second kappa shape index (κ2) is 18.3. The number of nitrogens with one attached hydrogen (secondary N) is 1. The SMILES string of the molecule is COc1cc(C=Cc2ccc(OC(=O)OCCNC(=O)C(N)CCCCN)cc2)cc(OC)c1.Cl.Cl. The molecule has 2 aromatic carbocycles. The first kappa shape index (κ1) is 33.0. The monoisotopic (exact) mass is 543 g/mol. The van der Waals surface area contributed by atoms with Gasteiger partial charge in [-0.3, -0.25) is 4.79 Å². The normalized spacial score (nSPS) is 11.0. The van der Waals surface area contributed by atoms with E-state index in [2.05, 4.69) is 5.32 Å². The van der Waals surface area contributed by atoms with Crippen LogP contribution in [0.3, 0.4) is 0 Å². The standard InChI is InChI=1S/C25H33N3O6.2ClH/c1-31-21-15-19(16-22(17-21)32-2)7-6-18-8-10-20(11-9-18)34-25(30)33-14-13-28-24(29)23(27)5-3-4-12-26;;/h6-11,15-17,23H,3-5,12-14,26-27H2,1-2H3,(H,28,29);2*1H. The zero-order valence-electron chi connectivity index (χ0n) is 20.4. The molecule has 0 fully saturated rings. The molecule has 5 N–H and O–H groups in total. The Bertz CT molecular complexity index is 935. The summed E-state index contributed by atoms with van der Waals surface area (Å²) in [6.07, 6.45) is 5.16. The van der Waals surface area contributed by atoms with Crippen molar-refractivity contribution >= 4 is 49.0 Å². The van der Waals surface area contributed by atoms with E-state index in [0.717, 1.165) is 24.0 Å². The summed E-state index contributed by atoms with van der Waals surface area (Å²) in [7, 11) is 3.20. The molecule has 0 aliphatic heterocycles. The molecule has 0 aliphatic carbocycles. The highest BCUT2D eigenvalue weighted by molar-refractivity contribution is 5.85. The van der Waals surface area contributed by atoms with Crippen LogP contribution in [0.2, 0.25) is 0 Å².